The number of ether oxygens (including phenoxy) is 1. The first kappa shape index (κ1) is 18.0. The number of carbonyl (C=O) groups is 1. The Labute approximate surface area is 154 Å². The Hall–Kier alpha value is -2.83. The number of benzene rings is 1. The van der Waals surface area contributed by atoms with Gasteiger partial charge in [-0.25, -0.2) is 14.8 Å². The van der Waals surface area contributed by atoms with E-state index in [1.165, 1.54) is 0 Å². The zero-order valence-corrected chi connectivity index (χ0v) is 15.1. The lowest BCUT2D eigenvalue weighted by atomic mass is 10.1. The van der Waals surface area contributed by atoms with Gasteiger partial charge in [0.25, 0.3) is 0 Å². The van der Waals surface area contributed by atoms with E-state index in [0.29, 0.717) is 55.9 Å². The SMILES string of the molecule is CC(C)COC(=O)N1CCN(c2nccc(-c3ccccc3O)n2)CC1.[HH]. The molecule has 1 aliphatic rings. The fourth-order valence-electron chi connectivity index (χ4n) is 2.76. The number of piperazine rings is 1. The van der Waals surface area contributed by atoms with Gasteiger partial charge in [-0.3, -0.25) is 0 Å². The molecule has 1 saturated heterocycles. The number of amides is 1. The second-order valence-electron chi connectivity index (χ2n) is 6.70. The third kappa shape index (κ3) is 4.22. The lowest BCUT2D eigenvalue weighted by molar-refractivity contribution is 0.0900. The summed E-state index contributed by atoms with van der Waals surface area (Å²) < 4.78 is 5.28. The lowest BCUT2D eigenvalue weighted by Gasteiger charge is -2.34. The number of rotatable bonds is 4. The van der Waals surface area contributed by atoms with E-state index in [4.69, 9.17) is 4.74 Å². The molecule has 0 atom stereocenters. The van der Waals surface area contributed by atoms with E-state index in [1.54, 1.807) is 29.3 Å². The van der Waals surface area contributed by atoms with Crippen LogP contribution in [0.25, 0.3) is 11.3 Å². The summed E-state index contributed by atoms with van der Waals surface area (Å²) in [7, 11) is 0. The van der Waals surface area contributed by atoms with Crippen LogP contribution in [0.2, 0.25) is 0 Å². The highest BCUT2D eigenvalue weighted by Gasteiger charge is 2.24. The van der Waals surface area contributed by atoms with Gasteiger partial charge in [-0.1, -0.05) is 26.0 Å². The first-order valence-corrected chi connectivity index (χ1v) is 8.82. The summed E-state index contributed by atoms with van der Waals surface area (Å²) in [5, 5.41) is 10.0. The Morgan fingerprint density at radius 1 is 1.23 bits per heavy atom. The molecule has 1 N–H and O–H groups in total. The second kappa shape index (κ2) is 8.03. The average Bonchev–Trinajstić information content (AvgIpc) is 2.66. The fraction of sp³-hybridized carbons (Fsp3) is 0.421. The van der Waals surface area contributed by atoms with Crippen LogP contribution in [-0.2, 0) is 4.74 Å². The minimum absolute atomic E-state index is 0. The molecule has 0 bridgehead atoms. The van der Waals surface area contributed by atoms with E-state index in [1.807, 2.05) is 30.9 Å². The average molecular weight is 358 g/mol. The van der Waals surface area contributed by atoms with Crippen molar-refractivity contribution in [3.63, 3.8) is 0 Å². The van der Waals surface area contributed by atoms with E-state index in [9.17, 15) is 9.90 Å². The van der Waals surface area contributed by atoms with Gasteiger partial charge in [0, 0.05) is 39.4 Å². The number of aromatic hydroxyl groups is 1. The molecule has 0 saturated carbocycles. The maximum Gasteiger partial charge on any atom is 0.409 e. The van der Waals surface area contributed by atoms with Crippen molar-refractivity contribution in [1.82, 2.24) is 14.9 Å². The van der Waals surface area contributed by atoms with Gasteiger partial charge < -0.3 is 19.6 Å². The third-order valence-electron chi connectivity index (χ3n) is 4.18. The number of carbonyl (C=O) groups excluding carboxylic acids is 1. The molecule has 2 aromatic rings. The van der Waals surface area contributed by atoms with Crippen molar-refractivity contribution in [3.8, 4) is 17.0 Å². The van der Waals surface area contributed by atoms with Gasteiger partial charge in [-0.15, -0.1) is 0 Å². The zero-order chi connectivity index (χ0) is 18.5. The molecule has 2 heterocycles. The van der Waals surface area contributed by atoms with Crippen molar-refractivity contribution < 1.29 is 16.1 Å². The predicted molar refractivity (Wildman–Crippen MR) is 101 cm³/mol. The van der Waals surface area contributed by atoms with E-state index in [2.05, 4.69) is 9.97 Å². The minimum atomic E-state index is -0.262. The van der Waals surface area contributed by atoms with Crippen LogP contribution in [0, 0.1) is 5.92 Å². The van der Waals surface area contributed by atoms with Crippen LogP contribution in [0.5, 0.6) is 5.75 Å². The van der Waals surface area contributed by atoms with Crippen LogP contribution in [0.1, 0.15) is 15.3 Å². The highest BCUT2D eigenvalue weighted by molar-refractivity contribution is 5.68. The molecule has 7 heteroatoms. The van der Waals surface area contributed by atoms with Crippen molar-refractivity contribution in [2.45, 2.75) is 13.8 Å². The Morgan fingerprint density at radius 2 is 1.96 bits per heavy atom. The highest BCUT2D eigenvalue weighted by atomic mass is 16.6. The summed E-state index contributed by atoms with van der Waals surface area (Å²) in [5.41, 5.74) is 1.35. The van der Waals surface area contributed by atoms with Crippen LogP contribution >= 0.6 is 0 Å². The summed E-state index contributed by atoms with van der Waals surface area (Å²) >= 11 is 0. The summed E-state index contributed by atoms with van der Waals surface area (Å²) in [6.45, 7) is 6.88. The second-order valence-corrected chi connectivity index (χ2v) is 6.70. The van der Waals surface area contributed by atoms with E-state index in [-0.39, 0.29) is 13.3 Å². The fourth-order valence-corrected chi connectivity index (χ4v) is 2.76. The Bertz CT molecular complexity index is 764. The smallest absolute Gasteiger partial charge is 0.409 e. The van der Waals surface area contributed by atoms with Crippen LogP contribution < -0.4 is 4.90 Å². The number of hydrogen-bond donors (Lipinski definition) is 1. The maximum atomic E-state index is 12.0. The van der Waals surface area contributed by atoms with Crippen molar-refractivity contribution in [2.75, 3.05) is 37.7 Å². The third-order valence-corrected chi connectivity index (χ3v) is 4.18. The minimum Gasteiger partial charge on any atom is -0.507 e. The van der Waals surface area contributed by atoms with Gasteiger partial charge in [-0.05, 0) is 24.1 Å². The van der Waals surface area contributed by atoms with Gasteiger partial charge >= 0.3 is 6.09 Å². The number of nitrogens with zero attached hydrogens (tertiary/aromatic N) is 4. The van der Waals surface area contributed by atoms with Crippen molar-refractivity contribution in [2.24, 2.45) is 5.92 Å². The number of phenolic OH excluding ortho intramolecular Hbond substituents is 1. The first-order chi connectivity index (χ1) is 12.5. The van der Waals surface area contributed by atoms with E-state index in [0.717, 1.165) is 0 Å². The largest absolute Gasteiger partial charge is 0.507 e. The van der Waals surface area contributed by atoms with Crippen molar-refractivity contribution in [1.29, 1.82) is 0 Å². The molecule has 26 heavy (non-hydrogen) atoms. The molecular weight excluding hydrogens is 332 g/mol. The number of anilines is 1. The molecule has 0 aliphatic carbocycles. The maximum absolute atomic E-state index is 12.0. The molecule has 1 amide bonds. The van der Waals surface area contributed by atoms with Crippen LogP contribution in [0.3, 0.4) is 0 Å². The molecular formula is C19H26N4O3. The summed E-state index contributed by atoms with van der Waals surface area (Å²) in [4.78, 5) is 24.7. The predicted octanol–water partition coefficient (Wildman–Crippen LogP) is 3.01. The van der Waals surface area contributed by atoms with E-state index >= 15 is 0 Å². The van der Waals surface area contributed by atoms with E-state index < -0.39 is 0 Å². The molecule has 3 rings (SSSR count). The topological polar surface area (TPSA) is 78.8 Å². The van der Waals surface area contributed by atoms with Crippen LogP contribution in [-0.4, -0.2) is 58.9 Å². The standard InChI is InChI=1S/C19H24N4O3.H2/c1-14(2)13-26-19(25)23-11-9-22(10-12-23)18-20-8-7-16(21-18)15-5-3-4-6-17(15)24;/h3-8,14,24H,9-13H2,1-2H3;1H. The van der Waals surface area contributed by atoms with Crippen molar-refractivity contribution in [3.05, 3.63) is 36.5 Å². The number of hydrogen-bond acceptors (Lipinski definition) is 6. The van der Waals surface area contributed by atoms with Crippen molar-refractivity contribution >= 4 is 12.0 Å². The number of aromatic nitrogens is 2. The van der Waals surface area contributed by atoms with Gasteiger partial charge in [0.15, 0.2) is 0 Å². The Kier molecular flexibility index (Phi) is 5.55. The van der Waals surface area contributed by atoms with Crippen LogP contribution in [0.15, 0.2) is 36.5 Å². The van der Waals surface area contributed by atoms with Gasteiger partial charge in [0.1, 0.15) is 5.75 Å². The molecule has 7 nitrogen and oxygen atoms in total. The highest BCUT2D eigenvalue weighted by Crippen LogP contribution is 2.27. The monoisotopic (exact) mass is 358 g/mol. The lowest BCUT2D eigenvalue weighted by Crippen LogP contribution is -2.49. The van der Waals surface area contributed by atoms with Gasteiger partial charge in [0.05, 0.1) is 12.3 Å². The molecule has 1 aromatic carbocycles. The summed E-state index contributed by atoms with van der Waals surface area (Å²) in [6.07, 6.45) is 1.43. The molecule has 0 spiro atoms. The van der Waals surface area contributed by atoms with Gasteiger partial charge in [0.2, 0.25) is 5.95 Å². The molecule has 0 unspecified atom stereocenters. The first-order valence-electron chi connectivity index (χ1n) is 8.82. The quantitative estimate of drug-likeness (QED) is 0.905. The Morgan fingerprint density at radius 3 is 2.65 bits per heavy atom. The Balaban J connectivity index is 0.00000261. The zero-order valence-electron chi connectivity index (χ0n) is 15.1. The molecule has 1 aromatic heterocycles. The summed E-state index contributed by atoms with van der Waals surface area (Å²) in [6, 6.07) is 8.87. The number of para-hydroxylation sites is 1. The normalized spacial score (nSPS) is 14.6. The molecule has 0 radical (unpaired) electrons. The van der Waals surface area contributed by atoms with Gasteiger partial charge in [-0.2, -0.15) is 0 Å². The molecule has 140 valence electrons. The van der Waals surface area contributed by atoms with Crippen LogP contribution in [0.4, 0.5) is 10.7 Å². The molecule has 1 fully saturated rings. The summed E-state index contributed by atoms with van der Waals surface area (Å²) in [5.74, 6) is 1.11. The molecule has 1 aliphatic heterocycles. The number of phenols is 1.